The molecule has 0 saturated heterocycles. The van der Waals surface area contributed by atoms with E-state index < -0.39 is 16.1 Å². The molecular formula is C28H36N4O4S2. The Balaban J connectivity index is 2.00. The Labute approximate surface area is 230 Å². The second-order valence-corrected chi connectivity index (χ2v) is 11.1. The van der Waals surface area contributed by atoms with Crippen molar-refractivity contribution >= 4 is 33.3 Å². The number of imidazole rings is 1. The van der Waals surface area contributed by atoms with E-state index in [0.717, 1.165) is 59.6 Å². The first kappa shape index (κ1) is 29.3. The molecule has 8 nitrogen and oxygen atoms in total. The van der Waals surface area contributed by atoms with Crippen molar-refractivity contribution in [1.82, 2.24) is 14.3 Å². The van der Waals surface area contributed by atoms with Crippen LogP contribution in [0.5, 0.6) is 0 Å². The molecule has 0 radical (unpaired) electrons. The van der Waals surface area contributed by atoms with E-state index in [-0.39, 0.29) is 4.90 Å². The second kappa shape index (κ2) is 13.0. The summed E-state index contributed by atoms with van der Waals surface area (Å²) in [7, 11) is -4.08. The van der Waals surface area contributed by atoms with Crippen LogP contribution in [0.3, 0.4) is 0 Å². The largest absolute Gasteiger partial charge is 0.482 e. The fourth-order valence-electron chi connectivity index (χ4n) is 4.54. The lowest BCUT2D eigenvalue weighted by Gasteiger charge is -2.16. The number of hydrogen-bond donors (Lipinski definition) is 2. The molecule has 0 unspecified atom stereocenters. The molecule has 1 aromatic heterocycles. The van der Waals surface area contributed by atoms with Crippen molar-refractivity contribution in [3.63, 3.8) is 0 Å². The maximum absolute atomic E-state index is 12.8. The summed E-state index contributed by atoms with van der Waals surface area (Å²) in [6, 6.07) is 12.0. The number of carbonyl (C=O) groups is 1. The van der Waals surface area contributed by atoms with Gasteiger partial charge < -0.3 is 15.0 Å². The van der Waals surface area contributed by atoms with Crippen LogP contribution in [0.2, 0.25) is 0 Å². The summed E-state index contributed by atoms with van der Waals surface area (Å²) in [4.78, 5) is 16.2. The third-order valence-electron chi connectivity index (χ3n) is 6.21. The maximum atomic E-state index is 12.8. The SMILES string of the molecule is CCCCc1nc(C)c(C(=S)OCC)n1Cc1ccc(-c2cccc(S(=O)(=O)NC(N)=O)c2CCC)cc1. The number of unbranched alkanes of at least 4 members (excludes halogenated alkanes) is 1. The van der Waals surface area contributed by atoms with Crippen LogP contribution in [0.1, 0.15) is 68.4 Å². The van der Waals surface area contributed by atoms with E-state index in [2.05, 4.69) is 11.5 Å². The summed E-state index contributed by atoms with van der Waals surface area (Å²) >= 11 is 5.56. The smallest absolute Gasteiger partial charge is 0.326 e. The van der Waals surface area contributed by atoms with Gasteiger partial charge in [-0.05, 0) is 67.2 Å². The average Bonchev–Trinajstić information content (AvgIpc) is 3.17. The van der Waals surface area contributed by atoms with E-state index in [9.17, 15) is 13.2 Å². The average molecular weight is 557 g/mol. The predicted octanol–water partition coefficient (Wildman–Crippen LogP) is 5.27. The first-order valence-corrected chi connectivity index (χ1v) is 14.8. The van der Waals surface area contributed by atoms with Crippen LogP contribution in [0.4, 0.5) is 4.79 Å². The van der Waals surface area contributed by atoms with E-state index in [1.54, 1.807) is 6.07 Å². The number of sulfonamides is 1. The molecule has 3 N–H and O–H groups in total. The zero-order valence-corrected chi connectivity index (χ0v) is 24.0. The van der Waals surface area contributed by atoms with E-state index in [1.165, 1.54) is 6.07 Å². The lowest BCUT2D eigenvalue weighted by Crippen LogP contribution is -2.35. The van der Waals surface area contributed by atoms with Gasteiger partial charge in [-0.3, -0.25) is 0 Å². The van der Waals surface area contributed by atoms with Gasteiger partial charge in [0.1, 0.15) is 11.5 Å². The van der Waals surface area contributed by atoms with Crippen LogP contribution in [0, 0.1) is 6.92 Å². The van der Waals surface area contributed by atoms with Crippen molar-refractivity contribution in [3.05, 3.63) is 70.8 Å². The zero-order valence-electron chi connectivity index (χ0n) is 22.4. The van der Waals surface area contributed by atoms with Gasteiger partial charge in [0.05, 0.1) is 17.2 Å². The van der Waals surface area contributed by atoms with Crippen LogP contribution in [-0.2, 0) is 34.1 Å². The van der Waals surface area contributed by atoms with Crippen molar-refractivity contribution in [2.75, 3.05) is 6.61 Å². The highest BCUT2D eigenvalue weighted by atomic mass is 32.2. The number of carbonyl (C=O) groups excluding carboxylic acids is 1. The number of benzene rings is 2. The highest BCUT2D eigenvalue weighted by Crippen LogP contribution is 2.31. The number of nitrogens with one attached hydrogen (secondary N) is 1. The minimum Gasteiger partial charge on any atom is -0.482 e. The standard InChI is InChI=1S/C28H36N4O4S2/c1-5-8-13-25-30-19(4)26(27(37)36-7-3)32(25)18-20-14-16-21(17-15-20)22-11-9-12-24(23(22)10-6-2)38(34,35)31-28(29)33/h9,11-12,14-17H,5-8,10,13,18H2,1-4H3,(H3,29,31,33). The van der Waals surface area contributed by atoms with Crippen LogP contribution in [0.25, 0.3) is 11.1 Å². The molecule has 2 amide bonds. The highest BCUT2D eigenvalue weighted by molar-refractivity contribution is 7.90. The number of aromatic nitrogens is 2. The number of nitrogens with zero attached hydrogens (tertiary/aromatic N) is 2. The zero-order chi connectivity index (χ0) is 27.9. The Hall–Kier alpha value is -3.24. The van der Waals surface area contributed by atoms with Gasteiger partial charge in [-0.1, -0.05) is 63.1 Å². The predicted molar refractivity (Wildman–Crippen MR) is 154 cm³/mol. The van der Waals surface area contributed by atoms with Gasteiger partial charge in [0, 0.05) is 13.0 Å². The molecule has 0 aliphatic carbocycles. The van der Waals surface area contributed by atoms with E-state index in [1.807, 2.05) is 55.8 Å². The molecule has 204 valence electrons. The monoisotopic (exact) mass is 556 g/mol. The van der Waals surface area contributed by atoms with E-state index in [0.29, 0.717) is 30.2 Å². The Morgan fingerprint density at radius 1 is 1.08 bits per heavy atom. The first-order valence-electron chi connectivity index (χ1n) is 12.9. The van der Waals surface area contributed by atoms with Crippen LogP contribution in [-0.4, -0.2) is 35.7 Å². The Kier molecular flexibility index (Phi) is 10.0. The Morgan fingerprint density at radius 2 is 1.79 bits per heavy atom. The Bertz CT molecular complexity index is 1400. The fourth-order valence-corrected chi connectivity index (χ4v) is 6.08. The molecule has 0 fully saturated rings. The molecule has 38 heavy (non-hydrogen) atoms. The Morgan fingerprint density at radius 3 is 2.39 bits per heavy atom. The number of ether oxygens (including phenoxy) is 1. The number of rotatable bonds is 12. The van der Waals surface area contributed by atoms with E-state index in [4.69, 9.17) is 27.7 Å². The molecule has 0 aliphatic rings. The molecule has 3 rings (SSSR count). The molecular weight excluding hydrogens is 520 g/mol. The van der Waals surface area contributed by atoms with Crippen LogP contribution < -0.4 is 10.5 Å². The van der Waals surface area contributed by atoms with Crippen molar-refractivity contribution in [2.45, 2.75) is 71.2 Å². The molecule has 0 atom stereocenters. The lowest BCUT2D eigenvalue weighted by atomic mass is 9.96. The molecule has 0 spiro atoms. The van der Waals surface area contributed by atoms with Crippen molar-refractivity contribution in [1.29, 1.82) is 0 Å². The second-order valence-electron chi connectivity index (χ2n) is 9.07. The van der Waals surface area contributed by atoms with Crippen molar-refractivity contribution < 1.29 is 17.9 Å². The normalized spacial score (nSPS) is 11.4. The summed E-state index contributed by atoms with van der Waals surface area (Å²) < 4.78 is 35.2. The molecule has 3 aromatic rings. The maximum Gasteiger partial charge on any atom is 0.326 e. The molecule has 0 bridgehead atoms. The van der Waals surface area contributed by atoms with Gasteiger partial charge in [-0.15, -0.1) is 0 Å². The summed E-state index contributed by atoms with van der Waals surface area (Å²) in [5.41, 5.74) is 10.2. The number of nitrogens with two attached hydrogens (primary N) is 1. The lowest BCUT2D eigenvalue weighted by molar-refractivity contribution is 0.253. The molecule has 10 heteroatoms. The topological polar surface area (TPSA) is 116 Å². The third-order valence-corrected chi connectivity index (χ3v) is 7.95. The molecule has 1 heterocycles. The fraction of sp³-hybridized carbons (Fsp3) is 0.393. The number of thiocarbonyl (C=S) groups is 1. The van der Waals surface area contributed by atoms with Crippen LogP contribution >= 0.6 is 12.2 Å². The molecule has 0 saturated carbocycles. The number of amides is 2. The van der Waals surface area contributed by atoms with Gasteiger partial charge in [0.2, 0.25) is 5.05 Å². The number of primary amides is 1. The van der Waals surface area contributed by atoms with E-state index >= 15 is 0 Å². The summed E-state index contributed by atoms with van der Waals surface area (Å²) in [6.07, 6.45) is 4.21. The summed E-state index contributed by atoms with van der Waals surface area (Å²) in [6.45, 7) is 9.08. The van der Waals surface area contributed by atoms with Gasteiger partial charge in [0.25, 0.3) is 10.0 Å². The van der Waals surface area contributed by atoms with Gasteiger partial charge in [-0.25, -0.2) is 22.9 Å². The van der Waals surface area contributed by atoms with Gasteiger partial charge in [0.15, 0.2) is 0 Å². The highest BCUT2D eigenvalue weighted by Gasteiger charge is 2.23. The van der Waals surface area contributed by atoms with Gasteiger partial charge in [-0.2, -0.15) is 0 Å². The van der Waals surface area contributed by atoms with Gasteiger partial charge >= 0.3 is 6.03 Å². The summed E-state index contributed by atoms with van der Waals surface area (Å²) in [5.74, 6) is 0.982. The molecule has 2 aromatic carbocycles. The minimum absolute atomic E-state index is 0.0586. The first-order chi connectivity index (χ1) is 18.1. The molecule has 0 aliphatic heterocycles. The number of urea groups is 1. The van der Waals surface area contributed by atoms with Crippen molar-refractivity contribution in [3.8, 4) is 11.1 Å². The number of aryl methyl sites for hydroxylation is 2. The van der Waals surface area contributed by atoms with Crippen molar-refractivity contribution in [2.24, 2.45) is 5.73 Å². The number of hydrogen-bond acceptors (Lipinski definition) is 6. The third kappa shape index (κ3) is 6.79. The quantitative estimate of drug-likeness (QED) is 0.294. The summed E-state index contributed by atoms with van der Waals surface area (Å²) in [5, 5.41) is 0.448. The van der Waals surface area contributed by atoms with Crippen LogP contribution in [0.15, 0.2) is 47.4 Å². The minimum atomic E-state index is -4.08.